The number of morpholine rings is 1. The van der Waals surface area contributed by atoms with E-state index in [2.05, 4.69) is 44.2 Å². The van der Waals surface area contributed by atoms with Gasteiger partial charge in [0, 0.05) is 57.7 Å². The van der Waals surface area contributed by atoms with Gasteiger partial charge in [-0.1, -0.05) is 0 Å². The third kappa shape index (κ3) is 3.78. The third-order valence-corrected chi connectivity index (χ3v) is 5.64. The Kier molecular flexibility index (Phi) is 5.26. The van der Waals surface area contributed by atoms with E-state index in [0.29, 0.717) is 5.92 Å². The molecular formula is C19H30N6O. The van der Waals surface area contributed by atoms with Crippen LogP contribution >= 0.6 is 0 Å². The molecule has 0 amide bonds. The van der Waals surface area contributed by atoms with E-state index >= 15 is 0 Å². The first-order chi connectivity index (χ1) is 12.7. The van der Waals surface area contributed by atoms with Crippen LogP contribution in [0.15, 0.2) is 18.7 Å². The second kappa shape index (κ2) is 7.80. The van der Waals surface area contributed by atoms with Gasteiger partial charge in [-0.15, -0.1) is 0 Å². The summed E-state index contributed by atoms with van der Waals surface area (Å²) in [5, 5.41) is 4.73. The zero-order valence-corrected chi connectivity index (χ0v) is 16.0. The van der Waals surface area contributed by atoms with E-state index in [-0.39, 0.29) is 0 Å². The number of nitrogens with zero attached hydrogens (tertiary/aromatic N) is 6. The Balaban J connectivity index is 1.46. The second-order valence-corrected chi connectivity index (χ2v) is 7.61. The number of ether oxygens (including phenoxy) is 1. The maximum absolute atomic E-state index is 5.53. The van der Waals surface area contributed by atoms with Crippen molar-refractivity contribution in [2.45, 2.75) is 32.9 Å². The molecule has 26 heavy (non-hydrogen) atoms. The maximum atomic E-state index is 5.53. The molecule has 2 fully saturated rings. The van der Waals surface area contributed by atoms with Crippen LogP contribution in [0.1, 0.15) is 24.1 Å². The number of anilines is 1. The smallest absolute Gasteiger partial charge is 0.131 e. The Morgan fingerprint density at radius 1 is 1.23 bits per heavy atom. The first-order valence-electron chi connectivity index (χ1n) is 9.74. The van der Waals surface area contributed by atoms with Crippen LogP contribution in [0.25, 0.3) is 0 Å². The van der Waals surface area contributed by atoms with Gasteiger partial charge in [0.2, 0.25) is 0 Å². The first kappa shape index (κ1) is 17.5. The van der Waals surface area contributed by atoms with Crippen LogP contribution < -0.4 is 4.90 Å². The zero-order chi connectivity index (χ0) is 17.9. The summed E-state index contributed by atoms with van der Waals surface area (Å²) in [5.41, 5.74) is 2.54. The van der Waals surface area contributed by atoms with Crippen LogP contribution in [0, 0.1) is 12.8 Å². The van der Waals surface area contributed by atoms with Gasteiger partial charge < -0.3 is 14.2 Å². The minimum Gasteiger partial charge on any atom is -0.378 e. The number of hydrogen-bond acceptors (Lipinski definition) is 5. The Morgan fingerprint density at radius 3 is 2.85 bits per heavy atom. The molecule has 0 bridgehead atoms. The van der Waals surface area contributed by atoms with E-state index in [1.54, 1.807) is 0 Å². The second-order valence-electron chi connectivity index (χ2n) is 7.61. The van der Waals surface area contributed by atoms with E-state index in [0.717, 1.165) is 51.6 Å². The topological polar surface area (TPSA) is 51.4 Å². The predicted octanol–water partition coefficient (Wildman–Crippen LogP) is 1.67. The summed E-state index contributed by atoms with van der Waals surface area (Å²) in [6.07, 6.45) is 8.44. The summed E-state index contributed by atoms with van der Waals surface area (Å²) in [6.45, 7) is 10.1. The van der Waals surface area contributed by atoms with Crippen molar-refractivity contribution in [1.82, 2.24) is 24.2 Å². The third-order valence-electron chi connectivity index (χ3n) is 5.64. The lowest BCUT2D eigenvalue weighted by molar-refractivity contribution is 0.121. The Hall–Kier alpha value is -1.86. The van der Waals surface area contributed by atoms with Crippen LogP contribution in [-0.4, -0.2) is 63.6 Å². The van der Waals surface area contributed by atoms with Crippen LogP contribution in [0.2, 0.25) is 0 Å². The van der Waals surface area contributed by atoms with Crippen molar-refractivity contribution < 1.29 is 4.74 Å². The summed E-state index contributed by atoms with van der Waals surface area (Å²) < 4.78 is 9.80. The maximum Gasteiger partial charge on any atom is 0.131 e. The van der Waals surface area contributed by atoms with Gasteiger partial charge in [0.1, 0.15) is 5.82 Å². The van der Waals surface area contributed by atoms with Crippen molar-refractivity contribution in [2.75, 3.05) is 44.3 Å². The normalized spacial score (nSPS) is 22.1. The molecular weight excluding hydrogens is 328 g/mol. The minimum atomic E-state index is 0.696. The first-order valence-corrected chi connectivity index (χ1v) is 9.74. The van der Waals surface area contributed by atoms with Gasteiger partial charge >= 0.3 is 0 Å². The molecule has 1 atom stereocenters. The molecule has 0 N–H and O–H groups in total. The lowest BCUT2D eigenvalue weighted by Crippen LogP contribution is -2.39. The van der Waals surface area contributed by atoms with E-state index in [4.69, 9.17) is 9.84 Å². The molecule has 0 saturated carbocycles. The Bertz CT molecular complexity index is 704. The highest BCUT2D eigenvalue weighted by molar-refractivity contribution is 5.50. The lowest BCUT2D eigenvalue weighted by Gasteiger charge is -2.34. The van der Waals surface area contributed by atoms with Gasteiger partial charge in [0.05, 0.1) is 25.2 Å². The largest absolute Gasteiger partial charge is 0.378 e. The number of rotatable bonds is 5. The molecule has 0 aliphatic carbocycles. The van der Waals surface area contributed by atoms with E-state index in [9.17, 15) is 0 Å². The number of imidazole rings is 1. The van der Waals surface area contributed by atoms with Crippen molar-refractivity contribution in [3.05, 3.63) is 30.0 Å². The molecule has 0 spiro atoms. The van der Waals surface area contributed by atoms with Crippen LogP contribution in [0.4, 0.5) is 5.82 Å². The molecule has 142 valence electrons. The van der Waals surface area contributed by atoms with Gasteiger partial charge in [0.25, 0.3) is 0 Å². The molecule has 4 heterocycles. The molecule has 0 aromatic carbocycles. The molecule has 7 nitrogen and oxygen atoms in total. The summed E-state index contributed by atoms with van der Waals surface area (Å²) >= 11 is 0. The molecule has 0 radical (unpaired) electrons. The van der Waals surface area contributed by atoms with E-state index in [1.165, 1.54) is 30.8 Å². The van der Waals surface area contributed by atoms with Crippen molar-refractivity contribution in [2.24, 2.45) is 13.0 Å². The van der Waals surface area contributed by atoms with Crippen LogP contribution in [0.3, 0.4) is 0 Å². The fourth-order valence-electron chi connectivity index (χ4n) is 4.41. The quantitative estimate of drug-likeness (QED) is 0.814. The molecule has 2 aliphatic rings. The Labute approximate surface area is 155 Å². The van der Waals surface area contributed by atoms with Crippen LogP contribution in [0.5, 0.6) is 0 Å². The predicted molar refractivity (Wildman–Crippen MR) is 101 cm³/mol. The molecule has 2 aliphatic heterocycles. The Morgan fingerprint density at radius 2 is 2.08 bits per heavy atom. The number of hydrogen-bond donors (Lipinski definition) is 0. The van der Waals surface area contributed by atoms with Gasteiger partial charge in [-0.25, -0.2) is 4.98 Å². The zero-order valence-electron chi connectivity index (χ0n) is 16.0. The van der Waals surface area contributed by atoms with Gasteiger partial charge in [-0.05, 0) is 32.2 Å². The van der Waals surface area contributed by atoms with Gasteiger partial charge in [0.15, 0.2) is 0 Å². The number of likely N-dealkylation sites (tertiary alicyclic amines) is 1. The van der Waals surface area contributed by atoms with Crippen LogP contribution in [-0.2, 0) is 24.9 Å². The average molecular weight is 358 g/mol. The SMILES string of the molecule is Cc1nn(C)c(N2CCOCC2)c1CN1CCCC(Cn2ccnc2)C1. The molecule has 4 rings (SSSR count). The summed E-state index contributed by atoms with van der Waals surface area (Å²) in [4.78, 5) is 9.22. The molecule has 2 saturated heterocycles. The molecule has 2 aromatic rings. The van der Waals surface area contributed by atoms with Crippen molar-refractivity contribution in [3.8, 4) is 0 Å². The van der Waals surface area contributed by atoms with Gasteiger partial charge in [-0.3, -0.25) is 9.58 Å². The highest BCUT2D eigenvalue weighted by atomic mass is 16.5. The highest BCUT2D eigenvalue weighted by Crippen LogP contribution is 2.28. The van der Waals surface area contributed by atoms with Crippen molar-refractivity contribution in [1.29, 1.82) is 0 Å². The van der Waals surface area contributed by atoms with Crippen molar-refractivity contribution in [3.63, 3.8) is 0 Å². The van der Waals surface area contributed by atoms with E-state index in [1.807, 2.05) is 12.5 Å². The summed E-state index contributed by atoms with van der Waals surface area (Å²) in [6, 6.07) is 0. The fourth-order valence-corrected chi connectivity index (χ4v) is 4.41. The average Bonchev–Trinajstić information content (AvgIpc) is 3.24. The monoisotopic (exact) mass is 358 g/mol. The lowest BCUT2D eigenvalue weighted by atomic mass is 9.97. The van der Waals surface area contributed by atoms with E-state index < -0.39 is 0 Å². The molecule has 2 aromatic heterocycles. The number of aryl methyl sites for hydroxylation is 2. The highest BCUT2D eigenvalue weighted by Gasteiger charge is 2.26. The van der Waals surface area contributed by atoms with Crippen molar-refractivity contribution >= 4 is 5.82 Å². The molecule has 1 unspecified atom stereocenters. The summed E-state index contributed by atoms with van der Waals surface area (Å²) in [5.74, 6) is 1.98. The standard InChI is InChI=1S/C19H30N6O/c1-16-18(19(22(2)21-16)25-8-10-26-11-9-25)14-23-6-3-4-17(12-23)13-24-7-5-20-15-24/h5,7,15,17H,3-4,6,8-14H2,1-2H3. The fraction of sp³-hybridized carbons (Fsp3) is 0.684. The molecule has 7 heteroatoms. The van der Waals surface area contributed by atoms with Gasteiger partial charge in [-0.2, -0.15) is 5.10 Å². The number of aromatic nitrogens is 4. The number of piperidine rings is 1. The summed E-state index contributed by atoms with van der Waals surface area (Å²) in [7, 11) is 2.07. The minimum absolute atomic E-state index is 0.696.